The maximum atomic E-state index is 13.7. The molecule has 2 rings (SSSR count). The van der Waals surface area contributed by atoms with Crippen LogP contribution in [-0.4, -0.2) is 127 Å². The molecule has 1 heterocycles. The number of Topliss-reactive ketones (excluding diaryl/α,β-unsaturated/α-hetero) is 1. The van der Waals surface area contributed by atoms with Crippen LogP contribution in [-0.2, 0) is 37.5 Å². The summed E-state index contributed by atoms with van der Waals surface area (Å²) in [4.78, 5) is 50.1. The van der Waals surface area contributed by atoms with Crippen LogP contribution in [0.5, 0.6) is 0 Å². The molecule has 1 fully saturated rings. The van der Waals surface area contributed by atoms with Crippen molar-refractivity contribution in [1.82, 2.24) is 0 Å². The van der Waals surface area contributed by atoms with Gasteiger partial charge in [-0.25, -0.2) is 4.57 Å². The first-order valence-electron chi connectivity index (χ1n) is 25.2. The van der Waals surface area contributed by atoms with E-state index >= 15 is 0 Å². The quantitative estimate of drug-likeness (QED) is 0.0188. The number of carbonyl (C=O) groups excluding carboxylic acids is 3. The van der Waals surface area contributed by atoms with Crippen molar-refractivity contribution in [3.05, 3.63) is 24.3 Å². The Kier molecular flexibility index (Phi) is 31.9. The van der Waals surface area contributed by atoms with Gasteiger partial charge in [-0.05, 0) is 32.1 Å². The molecular formula is C49H87O16P. The van der Waals surface area contributed by atoms with Gasteiger partial charge in [0.15, 0.2) is 6.10 Å². The Morgan fingerprint density at radius 3 is 1.89 bits per heavy atom. The monoisotopic (exact) mass is 963 g/mol. The molecule has 1 aliphatic heterocycles. The van der Waals surface area contributed by atoms with Crippen LogP contribution in [0, 0.1) is 11.8 Å². The van der Waals surface area contributed by atoms with Crippen LogP contribution < -0.4 is 0 Å². The maximum absolute atomic E-state index is 13.7. The van der Waals surface area contributed by atoms with Gasteiger partial charge in [0.1, 0.15) is 36.8 Å². The van der Waals surface area contributed by atoms with Crippen molar-refractivity contribution in [2.75, 3.05) is 13.2 Å². The first-order valence-corrected chi connectivity index (χ1v) is 26.7. The van der Waals surface area contributed by atoms with Gasteiger partial charge in [0.05, 0.1) is 36.9 Å². The zero-order chi connectivity index (χ0) is 48.7. The predicted molar refractivity (Wildman–Crippen MR) is 250 cm³/mol. The number of carbonyl (C=O) groups is 3. The molecule has 17 heteroatoms. The zero-order valence-corrected chi connectivity index (χ0v) is 40.9. The molecule has 2 bridgehead atoms. The van der Waals surface area contributed by atoms with Gasteiger partial charge in [-0.3, -0.25) is 23.4 Å². The number of phosphoric acid groups is 1. The summed E-state index contributed by atoms with van der Waals surface area (Å²) in [6.07, 6.45) is 10.6. The van der Waals surface area contributed by atoms with Gasteiger partial charge in [-0.15, -0.1) is 0 Å². The largest absolute Gasteiger partial charge is 0.472 e. The molecule has 1 unspecified atom stereocenters. The minimum Gasteiger partial charge on any atom is -0.462 e. The highest BCUT2D eigenvalue weighted by Crippen LogP contribution is 2.47. The number of esters is 2. The lowest BCUT2D eigenvalue weighted by Crippen LogP contribution is -2.55. The second-order valence-electron chi connectivity index (χ2n) is 18.5. The van der Waals surface area contributed by atoms with Crippen LogP contribution in [0.4, 0.5) is 0 Å². The summed E-state index contributed by atoms with van der Waals surface area (Å²) in [6.45, 7) is 2.82. The van der Waals surface area contributed by atoms with Crippen LogP contribution in [0.1, 0.15) is 187 Å². The third-order valence-corrected chi connectivity index (χ3v) is 13.7. The first kappa shape index (κ1) is 60.0. The molecule has 0 aromatic rings. The number of hydrogen-bond donors (Lipinski definition) is 8. The number of rotatable bonds is 26. The van der Waals surface area contributed by atoms with Crippen molar-refractivity contribution in [3.63, 3.8) is 0 Å². The standard InChI is InChI=1S/C49H87O16P/c1-3-5-7-8-9-10-11-12-13-14-15-16-17-18-19-20-25-29-42(53)62-34-37-35-63-66(60,61)65-49-47(58)45(56)39(32-31-36(50)27-23-6-4-2)41(52)33-40(51)38(44(55)46(57)48(49)59)28-24-21-22-26-30-43(54)64-37/h21,24,31-32,36-40,44-51,55-59H,3-20,22-23,25-30,33-35H2,1-2H3,(H,60,61)/b24-21-,32-31+/t36-,37+,38-,39-,40-,44+,45+,46-,47+,48+,49+/m0/s1. The van der Waals surface area contributed by atoms with E-state index in [-0.39, 0.29) is 25.7 Å². The molecule has 0 aromatic carbocycles. The molecule has 1 saturated carbocycles. The van der Waals surface area contributed by atoms with E-state index in [0.717, 1.165) is 44.6 Å². The zero-order valence-electron chi connectivity index (χ0n) is 40.0. The summed E-state index contributed by atoms with van der Waals surface area (Å²) in [6, 6.07) is 0. The summed E-state index contributed by atoms with van der Waals surface area (Å²) in [5.41, 5.74) is 0. The second kappa shape index (κ2) is 35.1. The molecule has 0 amide bonds. The Bertz CT molecular complexity index is 1430. The fourth-order valence-electron chi connectivity index (χ4n) is 8.47. The van der Waals surface area contributed by atoms with E-state index in [2.05, 4.69) is 6.92 Å². The van der Waals surface area contributed by atoms with Crippen molar-refractivity contribution < 1.29 is 78.1 Å². The normalized spacial score (nSPS) is 30.9. The number of unbranched alkanes of at least 4 members (excludes halogenated alkanes) is 18. The summed E-state index contributed by atoms with van der Waals surface area (Å²) >= 11 is 0. The lowest BCUT2D eigenvalue weighted by atomic mass is 9.83. The van der Waals surface area contributed by atoms with E-state index in [1.165, 1.54) is 83.1 Å². The van der Waals surface area contributed by atoms with Gasteiger partial charge >= 0.3 is 19.8 Å². The summed E-state index contributed by atoms with van der Waals surface area (Å²) in [5, 5.41) is 78.4. The number of ketones is 1. The van der Waals surface area contributed by atoms with Crippen molar-refractivity contribution in [2.24, 2.45) is 11.8 Å². The molecule has 0 radical (unpaired) electrons. The smallest absolute Gasteiger partial charge is 0.462 e. The summed E-state index contributed by atoms with van der Waals surface area (Å²) in [5.74, 6) is -5.11. The Morgan fingerprint density at radius 1 is 0.758 bits per heavy atom. The van der Waals surface area contributed by atoms with Crippen LogP contribution in [0.2, 0.25) is 0 Å². The van der Waals surface area contributed by atoms with Gasteiger partial charge in [-0.2, -0.15) is 0 Å². The minimum atomic E-state index is -5.46. The Labute approximate surface area is 394 Å². The Morgan fingerprint density at radius 2 is 1.30 bits per heavy atom. The van der Waals surface area contributed by atoms with E-state index in [1.54, 1.807) is 12.2 Å². The lowest BCUT2D eigenvalue weighted by Gasteiger charge is -2.36. The molecule has 16 nitrogen and oxygen atoms in total. The van der Waals surface area contributed by atoms with Gasteiger partial charge in [0.2, 0.25) is 0 Å². The number of fused-ring (bicyclic) bond motifs is 4. The molecule has 1 aliphatic carbocycles. The van der Waals surface area contributed by atoms with Crippen LogP contribution in [0.15, 0.2) is 24.3 Å². The lowest BCUT2D eigenvalue weighted by molar-refractivity contribution is -0.166. The molecule has 0 saturated heterocycles. The number of allylic oxidation sites excluding steroid dienone is 2. The van der Waals surface area contributed by atoms with E-state index < -0.39 is 112 Å². The van der Waals surface area contributed by atoms with E-state index in [1.807, 2.05) is 6.92 Å². The molecule has 0 spiro atoms. The summed E-state index contributed by atoms with van der Waals surface area (Å²) < 4.78 is 34.6. The van der Waals surface area contributed by atoms with Gasteiger partial charge in [0, 0.05) is 25.2 Å². The van der Waals surface area contributed by atoms with Crippen molar-refractivity contribution in [1.29, 1.82) is 0 Å². The number of phosphoric ester groups is 1. The van der Waals surface area contributed by atoms with E-state index in [4.69, 9.17) is 18.5 Å². The van der Waals surface area contributed by atoms with Crippen molar-refractivity contribution in [2.45, 2.75) is 242 Å². The Balaban J connectivity index is 2.07. The third-order valence-electron chi connectivity index (χ3n) is 12.7. The molecule has 384 valence electrons. The number of hydrogen-bond acceptors (Lipinski definition) is 15. The van der Waals surface area contributed by atoms with Crippen molar-refractivity contribution in [3.8, 4) is 0 Å². The highest BCUT2D eigenvalue weighted by atomic mass is 31.2. The van der Waals surface area contributed by atoms with Gasteiger partial charge in [0.25, 0.3) is 0 Å². The van der Waals surface area contributed by atoms with Gasteiger partial charge in [-0.1, -0.05) is 160 Å². The molecular weight excluding hydrogens is 875 g/mol. The van der Waals surface area contributed by atoms with E-state index in [9.17, 15) is 59.6 Å². The number of aliphatic hydroxyl groups excluding tert-OH is 7. The topological polar surface area (TPSA) is 267 Å². The Hall–Kier alpha value is -2.08. The maximum Gasteiger partial charge on any atom is 0.472 e. The predicted octanol–water partition coefficient (Wildman–Crippen LogP) is 6.98. The fourth-order valence-corrected chi connectivity index (χ4v) is 9.44. The average Bonchev–Trinajstić information content (AvgIpc) is 3.28. The highest BCUT2D eigenvalue weighted by Gasteiger charge is 2.49. The van der Waals surface area contributed by atoms with Crippen LogP contribution in [0.3, 0.4) is 0 Å². The SMILES string of the molecule is CCCCCCCCCCCCCCCCCCCC(=O)OC[C@@H]1COP(=O)(O)O[C@H]2[C@H](O)[C@@H](O)[C@H](O)[C@@H](C/C=C\CCCC(=O)O1)[C@@H](O)CC(=O)[C@H](/C=C/[C@@H](O)CCCCC)[C@@H](O)[C@H]2O. The molecule has 12 atom stereocenters. The van der Waals surface area contributed by atoms with Crippen molar-refractivity contribution >= 4 is 25.5 Å². The number of aliphatic hydroxyl groups is 7. The van der Waals surface area contributed by atoms with Crippen LogP contribution >= 0.6 is 7.82 Å². The minimum absolute atomic E-state index is 0.107. The average molecular weight is 963 g/mol. The van der Waals surface area contributed by atoms with E-state index in [0.29, 0.717) is 25.7 Å². The number of cyclic esters (lactones) is 1. The third kappa shape index (κ3) is 25.0. The number of ether oxygens (including phenoxy) is 2. The molecule has 8 N–H and O–H groups in total. The highest BCUT2D eigenvalue weighted by molar-refractivity contribution is 7.47. The second-order valence-corrected chi connectivity index (χ2v) is 19.9. The summed E-state index contributed by atoms with van der Waals surface area (Å²) in [7, 11) is -5.46. The first-order chi connectivity index (χ1) is 31.6. The molecule has 66 heavy (non-hydrogen) atoms. The van der Waals surface area contributed by atoms with Crippen LogP contribution in [0.25, 0.3) is 0 Å². The molecule has 2 aliphatic rings. The fraction of sp³-hybridized carbons (Fsp3) is 0.857. The molecule has 0 aromatic heterocycles. The van der Waals surface area contributed by atoms with Gasteiger partial charge < -0.3 is 50.1 Å².